The van der Waals surface area contributed by atoms with Crippen molar-refractivity contribution >= 4 is 5.82 Å². The Morgan fingerprint density at radius 2 is 2.23 bits per heavy atom. The summed E-state index contributed by atoms with van der Waals surface area (Å²) in [4.78, 5) is 6.68. The average molecular weight is 354 g/mol. The summed E-state index contributed by atoms with van der Waals surface area (Å²) in [5.74, 6) is 0.948. The average Bonchev–Trinajstić information content (AvgIpc) is 2.69. The minimum Gasteiger partial charge on any atom is -0.377 e. The first kappa shape index (κ1) is 17.4. The molecule has 2 atom stereocenters. The highest BCUT2D eigenvalue weighted by Gasteiger charge is 2.46. The van der Waals surface area contributed by atoms with Crippen LogP contribution in [0.1, 0.15) is 30.7 Å². The van der Waals surface area contributed by atoms with E-state index in [9.17, 15) is 0 Å². The van der Waals surface area contributed by atoms with Gasteiger partial charge in [-0.1, -0.05) is 6.07 Å². The van der Waals surface area contributed by atoms with Crippen molar-refractivity contribution < 1.29 is 9.47 Å². The number of ether oxygens (including phenoxy) is 2. The Morgan fingerprint density at radius 3 is 3.04 bits per heavy atom. The van der Waals surface area contributed by atoms with Crippen molar-refractivity contribution in [2.45, 2.75) is 38.9 Å². The summed E-state index contributed by atoms with van der Waals surface area (Å²) in [6.45, 7) is 5.90. The molecule has 0 spiro atoms. The van der Waals surface area contributed by atoms with Crippen molar-refractivity contribution in [1.82, 2.24) is 15.2 Å². The second kappa shape index (κ2) is 7.68. The zero-order valence-corrected chi connectivity index (χ0v) is 15.3. The topological polar surface area (TPSA) is 60.4 Å². The summed E-state index contributed by atoms with van der Waals surface area (Å²) in [5.41, 5.74) is 1.92. The molecule has 2 aliphatic heterocycles. The number of rotatable bonds is 5. The molecule has 0 amide bonds. The number of anilines is 1. The highest BCUT2D eigenvalue weighted by Crippen LogP contribution is 2.41. The Balaban J connectivity index is 1.46. The first-order valence-corrected chi connectivity index (χ1v) is 9.40. The molecule has 4 heterocycles. The van der Waals surface area contributed by atoms with Crippen LogP contribution in [0.3, 0.4) is 0 Å². The van der Waals surface area contributed by atoms with Gasteiger partial charge in [-0.05, 0) is 50.5 Å². The van der Waals surface area contributed by atoms with Crippen LogP contribution in [0, 0.1) is 12.3 Å². The lowest BCUT2D eigenvalue weighted by atomic mass is 9.73. The van der Waals surface area contributed by atoms with Gasteiger partial charge in [0.1, 0.15) is 0 Å². The Kier molecular flexibility index (Phi) is 5.13. The van der Waals surface area contributed by atoms with E-state index in [2.05, 4.69) is 26.1 Å². The van der Waals surface area contributed by atoms with E-state index >= 15 is 0 Å². The van der Waals surface area contributed by atoms with Crippen molar-refractivity contribution in [3.63, 3.8) is 0 Å². The molecule has 6 heteroatoms. The molecule has 0 aliphatic carbocycles. The summed E-state index contributed by atoms with van der Waals surface area (Å²) in [6.07, 6.45) is 5.27. The SMILES string of the molecule is Cc1ccc(N2CCC3OCCCC3(COCc3ccccn3)C2)nn1. The molecule has 0 aromatic carbocycles. The summed E-state index contributed by atoms with van der Waals surface area (Å²) in [6, 6.07) is 10.0. The molecule has 6 nitrogen and oxygen atoms in total. The summed E-state index contributed by atoms with van der Waals surface area (Å²) >= 11 is 0. The molecule has 2 saturated heterocycles. The van der Waals surface area contributed by atoms with E-state index in [1.165, 1.54) is 0 Å². The van der Waals surface area contributed by atoms with Gasteiger partial charge in [0.25, 0.3) is 0 Å². The lowest BCUT2D eigenvalue weighted by Gasteiger charge is -2.50. The van der Waals surface area contributed by atoms with Gasteiger partial charge in [0.2, 0.25) is 0 Å². The van der Waals surface area contributed by atoms with Gasteiger partial charge in [-0.2, -0.15) is 5.10 Å². The Morgan fingerprint density at radius 1 is 1.27 bits per heavy atom. The quantitative estimate of drug-likeness (QED) is 0.823. The van der Waals surface area contributed by atoms with E-state index in [-0.39, 0.29) is 11.5 Å². The van der Waals surface area contributed by atoms with Crippen molar-refractivity contribution in [2.24, 2.45) is 5.41 Å². The first-order valence-electron chi connectivity index (χ1n) is 9.40. The molecular formula is C20H26N4O2. The summed E-state index contributed by atoms with van der Waals surface area (Å²) in [7, 11) is 0. The monoisotopic (exact) mass is 354 g/mol. The fourth-order valence-corrected chi connectivity index (χ4v) is 4.10. The molecular weight excluding hydrogens is 328 g/mol. The molecule has 138 valence electrons. The van der Waals surface area contributed by atoms with Crippen LogP contribution in [-0.4, -0.2) is 47.6 Å². The van der Waals surface area contributed by atoms with Gasteiger partial charge in [0, 0.05) is 31.3 Å². The van der Waals surface area contributed by atoms with Crippen LogP contribution in [0.25, 0.3) is 0 Å². The Hall–Kier alpha value is -2.05. The van der Waals surface area contributed by atoms with Crippen LogP contribution < -0.4 is 4.90 Å². The van der Waals surface area contributed by atoms with Crippen LogP contribution >= 0.6 is 0 Å². The smallest absolute Gasteiger partial charge is 0.151 e. The number of aryl methyl sites for hydroxylation is 1. The van der Waals surface area contributed by atoms with E-state index in [1.807, 2.05) is 37.4 Å². The Bertz CT molecular complexity index is 710. The summed E-state index contributed by atoms with van der Waals surface area (Å²) < 4.78 is 12.3. The van der Waals surface area contributed by atoms with Gasteiger partial charge in [-0.25, -0.2) is 0 Å². The standard InChI is InChI=1S/C20H26N4O2/c1-16-6-7-19(23-22-16)24-11-8-18-20(14-24,9-4-12-26-18)15-25-13-17-5-2-3-10-21-17/h2-3,5-7,10,18H,4,8-9,11-15H2,1H3. The molecule has 0 saturated carbocycles. The number of hydrogen-bond donors (Lipinski definition) is 0. The Labute approximate surface area is 154 Å². The zero-order chi connectivity index (χ0) is 17.8. The molecule has 0 bridgehead atoms. The van der Waals surface area contributed by atoms with Crippen molar-refractivity contribution in [2.75, 3.05) is 31.2 Å². The number of pyridine rings is 1. The zero-order valence-electron chi connectivity index (χ0n) is 15.3. The second-order valence-electron chi connectivity index (χ2n) is 7.38. The number of aromatic nitrogens is 3. The predicted molar refractivity (Wildman–Crippen MR) is 98.9 cm³/mol. The molecule has 2 aromatic rings. The lowest BCUT2D eigenvalue weighted by molar-refractivity contribution is -0.127. The van der Waals surface area contributed by atoms with Crippen LogP contribution in [-0.2, 0) is 16.1 Å². The minimum atomic E-state index is 0.0118. The van der Waals surface area contributed by atoms with E-state index < -0.39 is 0 Å². The van der Waals surface area contributed by atoms with Crippen LogP contribution in [0.4, 0.5) is 5.82 Å². The normalized spacial score (nSPS) is 25.7. The van der Waals surface area contributed by atoms with Crippen LogP contribution in [0.15, 0.2) is 36.5 Å². The van der Waals surface area contributed by atoms with Gasteiger partial charge < -0.3 is 14.4 Å². The van der Waals surface area contributed by atoms with Gasteiger partial charge in [0.15, 0.2) is 5.82 Å². The van der Waals surface area contributed by atoms with E-state index in [4.69, 9.17) is 9.47 Å². The van der Waals surface area contributed by atoms with Gasteiger partial charge in [-0.3, -0.25) is 4.98 Å². The minimum absolute atomic E-state index is 0.0118. The molecule has 0 radical (unpaired) electrons. The second-order valence-corrected chi connectivity index (χ2v) is 7.38. The number of nitrogens with zero attached hydrogens (tertiary/aromatic N) is 4. The lowest BCUT2D eigenvalue weighted by Crippen LogP contribution is -2.57. The molecule has 2 unspecified atom stereocenters. The third-order valence-corrected chi connectivity index (χ3v) is 5.46. The van der Waals surface area contributed by atoms with E-state index in [0.29, 0.717) is 13.2 Å². The third-order valence-electron chi connectivity index (χ3n) is 5.46. The molecule has 2 aromatic heterocycles. The maximum Gasteiger partial charge on any atom is 0.151 e. The first-order chi connectivity index (χ1) is 12.8. The maximum absolute atomic E-state index is 6.13. The third kappa shape index (κ3) is 3.71. The van der Waals surface area contributed by atoms with Gasteiger partial charge in [-0.15, -0.1) is 5.10 Å². The number of hydrogen-bond acceptors (Lipinski definition) is 6. The summed E-state index contributed by atoms with van der Waals surface area (Å²) in [5, 5.41) is 8.60. The number of piperidine rings is 1. The highest BCUT2D eigenvalue weighted by atomic mass is 16.5. The highest BCUT2D eigenvalue weighted by molar-refractivity contribution is 5.39. The van der Waals surface area contributed by atoms with Crippen molar-refractivity contribution in [3.8, 4) is 0 Å². The molecule has 0 N–H and O–H groups in total. The van der Waals surface area contributed by atoms with Crippen LogP contribution in [0.2, 0.25) is 0 Å². The molecule has 2 aliphatic rings. The van der Waals surface area contributed by atoms with Gasteiger partial charge >= 0.3 is 0 Å². The van der Waals surface area contributed by atoms with E-state index in [1.54, 1.807) is 0 Å². The molecule has 26 heavy (non-hydrogen) atoms. The number of fused-ring (bicyclic) bond motifs is 1. The fourth-order valence-electron chi connectivity index (χ4n) is 4.10. The van der Waals surface area contributed by atoms with Crippen molar-refractivity contribution in [3.05, 3.63) is 47.9 Å². The van der Waals surface area contributed by atoms with Crippen molar-refractivity contribution in [1.29, 1.82) is 0 Å². The van der Waals surface area contributed by atoms with Crippen LogP contribution in [0.5, 0.6) is 0 Å². The molecule has 2 fully saturated rings. The van der Waals surface area contributed by atoms with E-state index in [0.717, 1.165) is 56.2 Å². The molecule has 4 rings (SSSR count). The maximum atomic E-state index is 6.13. The predicted octanol–water partition coefficient (Wildman–Crippen LogP) is 2.77. The fraction of sp³-hybridized carbons (Fsp3) is 0.550. The largest absolute Gasteiger partial charge is 0.377 e. The van der Waals surface area contributed by atoms with Gasteiger partial charge in [0.05, 0.1) is 30.7 Å².